The molecule has 0 aliphatic rings. The fourth-order valence-electron chi connectivity index (χ4n) is 0.882. The second-order valence-electron chi connectivity index (χ2n) is 2.53. The molecule has 12 heavy (non-hydrogen) atoms. The summed E-state index contributed by atoms with van der Waals surface area (Å²) in [7, 11) is 0. The first-order valence-corrected chi connectivity index (χ1v) is 3.97. The van der Waals surface area contributed by atoms with E-state index in [1.54, 1.807) is 12.2 Å². The van der Waals surface area contributed by atoms with Crippen LogP contribution >= 0.6 is 0 Å². The van der Waals surface area contributed by atoms with Gasteiger partial charge < -0.3 is 5.11 Å². The number of allylic oxidation sites excluding steroid dienone is 3. The minimum Gasteiger partial charge on any atom is -0.388 e. The maximum Gasteiger partial charge on any atom is 0.0783 e. The van der Waals surface area contributed by atoms with Crippen molar-refractivity contribution < 1.29 is 5.11 Å². The summed E-state index contributed by atoms with van der Waals surface area (Å²) in [6.45, 7) is 10.7. The molecule has 0 amide bonds. The van der Waals surface area contributed by atoms with Crippen molar-refractivity contribution in [3.63, 3.8) is 0 Å². The van der Waals surface area contributed by atoms with Crippen LogP contribution in [0.4, 0.5) is 0 Å². The van der Waals surface area contributed by atoms with Crippen LogP contribution in [0, 0.1) is 5.92 Å². The van der Waals surface area contributed by atoms with Gasteiger partial charge in [0.05, 0.1) is 6.10 Å². The van der Waals surface area contributed by atoms with Gasteiger partial charge in [0.25, 0.3) is 0 Å². The molecule has 0 aromatic rings. The van der Waals surface area contributed by atoms with E-state index in [9.17, 15) is 5.11 Å². The molecule has 0 saturated carbocycles. The Bertz CT molecular complexity index is 179. The standard InChI is InChI=1S/C11H16O/c1-4-7-8-9-10(5-2)11(12)6-3/h4-8,10-12H,1-3,9H2/b8-7+. The van der Waals surface area contributed by atoms with E-state index < -0.39 is 6.10 Å². The normalized spacial score (nSPS) is 15.4. The molecule has 0 aliphatic heterocycles. The van der Waals surface area contributed by atoms with Gasteiger partial charge in [-0.3, -0.25) is 0 Å². The molecule has 0 rings (SSSR count). The highest BCUT2D eigenvalue weighted by Crippen LogP contribution is 2.11. The highest BCUT2D eigenvalue weighted by Gasteiger charge is 2.09. The molecule has 0 radical (unpaired) electrons. The summed E-state index contributed by atoms with van der Waals surface area (Å²) in [6.07, 6.45) is 9.03. The van der Waals surface area contributed by atoms with E-state index in [2.05, 4.69) is 19.7 Å². The van der Waals surface area contributed by atoms with E-state index in [1.165, 1.54) is 6.08 Å². The molecule has 2 atom stereocenters. The molecule has 1 N–H and O–H groups in total. The number of hydrogen-bond acceptors (Lipinski definition) is 1. The average Bonchev–Trinajstić information content (AvgIpc) is 2.11. The van der Waals surface area contributed by atoms with Crippen molar-refractivity contribution in [2.75, 3.05) is 0 Å². The minimum absolute atomic E-state index is 0.0544. The lowest BCUT2D eigenvalue weighted by Crippen LogP contribution is -2.14. The first-order valence-electron chi connectivity index (χ1n) is 3.97. The Balaban J connectivity index is 3.98. The average molecular weight is 164 g/mol. The lowest BCUT2D eigenvalue weighted by Gasteiger charge is -2.13. The zero-order valence-electron chi connectivity index (χ0n) is 7.32. The van der Waals surface area contributed by atoms with Crippen LogP contribution in [-0.4, -0.2) is 11.2 Å². The van der Waals surface area contributed by atoms with Crippen molar-refractivity contribution in [2.24, 2.45) is 5.92 Å². The summed E-state index contributed by atoms with van der Waals surface area (Å²) in [6, 6.07) is 0. The van der Waals surface area contributed by atoms with Crippen LogP contribution in [0.25, 0.3) is 0 Å². The van der Waals surface area contributed by atoms with Gasteiger partial charge in [0.2, 0.25) is 0 Å². The smallest absolute Gasteiger partial charge is 0.0783 e. The fraction of sp³-hybridized carbons (Fsp3) is 0.273. The van der Waals surface area contributed by atoms with Crippen LogP contribution in [0.15, 0.2) is 50.1 Å². The van der Waals surface area contributed by atoms with E-state index >= 15 is 0 Å². The topological polar surface area (TPSA) is 20.2 Å². The molecule has 1 nitrogen and oxygen atoms in total. The van der Waals surface area contributed by atoms with Crippen molar-refractivity contribution in [2.45, 2.75) is 12.5 Å². The van der Waals surface area contributed by atoms with E-state index in [4.69, 9.17) is 0 Å². The van der Waals surface area contributed by atoms with Gasteiger partial charge in [-0.2, -0.15) is 0 Å². The highest BCUT2D eigenvalue weighted by molar-refractivity contribution is 5.02. The van der Waals surface area contributed by atoms with Gasteiger partial charge in [-0.1, -0.05) is 37.0 Å². The minimum atomic E-state index is -0.503. The second kappa shape index (κ2) is 6.62. The molecule has 1 heteroatoms. The third-order valence-corrected chi connectivity index (χ3v) is 1.66. The summed E-state index contributed by atoms with van der Waals surface area (Å²) in [5.74, 6) is 0.0544. The van der Waals surface area contributed by atoms with Crippen LogP contribution in [0.5, 0.6) is 0 Å². The lowest BCUT2D eigenvalue weighted by atomic mass is 9.98. The van der Waals surface area contributed by atoms with Gasteiger partial charge in [0.1, 0.15) is 0 Å². The van der Waals surface area contributed by atoms with Gasteiger partial charge in [-0.05, 0) is 6.42 Å². The van der Waals surface area contributed by atoms with Gasteiger partial charge in [-0.15, -0.1) is 13.2 Å². The Morgan fingerprint density at radius 3 is 2.25 bits per heavy atom. The number of rotatable bonds is 6. The van der Waals surface area contributed by atoms with Crippen LogP contribution in [-0.2, 0) is 0 Å². The van der Waals surface area contributed by atoms with Crippen molar-refractivity contribution >= 4 is 0 Å². The lowest BCUT2D eigenvalue weighted by molar-refractivity contribution is 0.178. The zero-order chi connectivity index (χ0) is 9.40. The third-order valence-electron chi connectivity index (χ3n) is 1.66. The molecule has 0 fully saturated rings. The molecular weight excluding hydrogens is 148 g/mol. The Labute approximate surface area is 74.4 Å². The first-order chi connectivity index (χ1) is 5.76. The molecule has 0 aromatic heterocycles. The molecule has 0 aromatic carbocycles. The third kappa shape index (κ3) is 3.94. The summed E-state index contributed by atoms with van der Waals surface area (Å²) in [5.41, 5.74) is 0. The monoisotopic (exact) mass is 164 g/mol. The van der Waals surface area contributed by atoms with E-state index in [-0.39, 0.29) is 5.92 Å². The SMILES string of the molecule is C=C/C=C/CC(C=C)C(O)C=C. The molecule has 2 unspecified atom stereocenters. The second-order valence-corrected chi connectivity index (χ2v) is 2.53. The van der Waals surface area contributed by atoms with Crippen molar-refractivity contribution in [1.82, 2.24) is 0 Å². The van der Waals surface area contributed by atoms with Crippen LogP contribution in [0.2, 0.25) is 0 Å². The van der Waals surface area contributed by atoms with Crippen LogP contribution in [0.1, 0.15) is 6.42 Å². The van der Waals surface area contributed by atoms with E-state index in [0.29, 0.717) is 0 Å². The van der Waals surface area contributed by atoms with Gasteiger partial charge in [0, 0.05) is 5.92 Å². The van der Waals surface area contributed by atoms with Crippen LogP contribution in [0.3, 0.4) is 0 Å². The summed E-state index contributed by atoms with van der Waals surface area (Å²) in [4.78, 5) is 0. The van der Waals surface area contributed by atoms with Crippen molar-refractivity contribution in [3.05, 3.63) is 50.1 Å². The molecule has 0 aliphatic carbocycles. The van der Waals surface area contributed by atoms with E-state index in [1.807, 2.05) is 12.2 Å². The largest absolute Gasteiger partial charge is 0.388 e. The Morgan fingerprint density at radius 1 is 1.17 bits per heavy atom. The zero-order valence-corrected chi connectivity index (χ0v) is 7.32. The van der Waals surface area contributed by atoms with Gasteiger partial charge in [0.15, 0.2) is 0 Å². The predicted octanol–water partition coefficient (Wildman–Crippen LogP) is 2.47. The van der Waals surface area contributed by atoms with Gasteiger partial charge in [-0.25, -0.2) is 0 Å². The molecule has 66 valence electrons. The number of aliphatic hydroxyl groups is 1. The van der Waals surface area contributed by atoms with E-state index in [0.717, 1.165) is 6.42 Å². The highest BCUT2D eigenvalue weighted by atomic mass is 16.3. The molecule has 0 heterocycles. The Morgan fingerprint density at radius 2 is 1.83 bits per heavy atom. The Hall–Kier alpha value is -1.08. The first kappa shape index (κ1) is 10.9. The summed E-state index contributed by atoms with van der Waals surface area (Å²) < 4.78 is 0. The Kier molecular flexibility index (Phi) is 6.02. The quantitative estimate of drug-likeness (QED) is 0.472. The predicted molar refractivity (Wildman–Crippen MR) is 53.8 cm³/mol. The van der Waals surface area contributed by atoms with Crippen molar-refractivity contribution in [3.8, 4) is 0 Å². The molecular formula is C11H16O. The maximum absolute atomic E-state index is 9.37. The number of aliphatic hydroxyl groups excluding tert-OH is 1. The summed E-state index contributed by atoms with van der Waals surface area (Å²) >= 11 is 0. The molecule has 0 spiro atoms. The van der Waals surface area contributed by atoms with Crippen molar-refractivity contribution in [1.29, 1.82) is 0 Å². The summed E-state index contributed by atoms with van der Waals surface area (Å²) in [5, 5.41) is 9.37. The molecule has 0 saturated heterocycles. The van der Waals surface area contributed by atoms with Gasteiger partial charge >= 0.3 is 0 Å². The van der Waals surface area contributed by atoms with Crippen LogP contribution < -0.4 is 0 Å². The maximum atomic E-state index is 9.37. The fourth-order valence-corrected chi connectivity index (χ4v) is 0.882. The number of hydrogen-bond donors (Lipinski definition) is 1. The molecule has 0 bridgehead atoms.